The Kier molecular flexibility index (Phi) is 43900. The van der Waals surface area contributed by atoms with Gasteiger partial charge in [-0.1, -0.05) is 0 Å². The van der Waals surface area contributed by atoms with Gasteiger partial charge in [0.15, 0.2) is 0 Å². The Morgan fingerprint density at radius 2 is 0.241 bits per heavy atom. The average molecular weight is 544 g/mol. The van der Waals surface area contributed by atoms with E-state index in [0.29, 0.717) is 0 Å². The molecular formula is C12Ca3Fe2N12-10. The Labute approximate surface area is 257 Å². The van der Waals surface area contributed by atoms with Crippen LogP contribution in [0, 0.1) is 142 Å². The summed E-state index contributed by atoms with van der Waals surface area (Å²) in [6.45, 7) is 57.0. The van der Waals surface area contributed by atoms with E-state index >= 15 is 0 Å². The van der Waals surface area contributed by atoms with E-state index in [1.54, 1.807) is 0 Å². The van der Waals surface area contributed by atoms with Crippen molar-refractivity contribution in [3.05, 3.63) is 78.9 Å². The van der Waals surface area contributed by atoms with Crippen LogP contribution in [-0.4, -0.2) is 102 Å². The molecule has 0 amide bonds. The summed E-state index contributed by atoms with van der Waals surface area (Å²) in [7, 11) is 6.75. The fraction of sp³-hybridized carbons (Fsp3) is 0. The molecule has 0 atom stereocenters. The van der Waals surface area contributed by atoms with Crippen molar-refractivity contribution in [2.75, 3.05) is 0 Å². The van der Waals surface area contributed by atoms with Crippen molar-refractivity contribution in [2.24, 2.45) is 0 Å². The van der Waals surface area contributed by atoms with Gasteiger partial charge in [0.2, 0.25) is 0 Å². The van der Waals surface area contributed by atoms with Crippen molar-refractivity contribution in [3.8, 4) is 0 Å². The molecule has 17 heteroatoms. The molecule has 0 fully saturated rings. The van der Waals surface area contributed by atoms with Gasteiger partial charge in [-0.25, -0.2) is 0 Å². The van der Waals surface area contributed by atoms with Crippen LogP contribution in [0.2, 0.25) is 0 Å². The molecule has 12 nitrogen and oxygen atoms in total. The SMILES string of the molecule is [C-]#N.[C-]#N.[C-]#N.[C-]#N.[C-]#N.[C-]#N.[C-]#N.[C-]#N.[C-]#N.[C-]#N.[C-]#N.[C-]#N.[Ca+2].[Ca]=[Fe].[Ca]=[Fe]. The Bertz CT molecular complexity index is 259. The molecule has 0 saturated carbocycles. The van der Waals surface area contributed by atoms with Crippen molar-refractivity contribution in [1.82, 2.24) is 0 Å². The maximum atomic E-state index is 6.25. The topological polar surface area (TPSA) is 285 Å². The molecule has 0 saturated heterocycles. The van der Waals surface area contributed by atoms with Crippen LogP contribution in [0.4, 0.5) is 0 Å². The van der Waals surface area contributed by atoms with Crippen molar-refractivity contribution < 1.29 is 18.3 Å². The third-order valence-electron chi connectivity index (χ3n) is 0. The van der Waals surface area contributed by atoms with Gasteiger partial charge in [0.1, 0.15) is 0 Å². The van der Waals surface area contributed by atoms with E-state index in [9.17, 15) is 0 Å². The molecule has 0 N–H and O–H groups in total. The molecule has 0 unspecified atom stereocenters. The zero-order valence-corrected chi connectivity index (χ0v) is 23.0. The molecule has 0 heterocycles. The Morgan fingerprint density at radius 3 is 0.241 bits per heavy atom. The van der Waals surface area contributed by atoms with Gasteiger partial charge in [0.05, 0.1) is 0 Å². The fourth-order valence-corrected chi connectivity index (χ4v) is 0. The van der Waals surface area contributed by atoms with Gasteiger partial charge in [-0.05, 0) is 0 Å². The van der Waals surface area contributed by atoms with Crippen molar-refractivity contribution in [2.45, 2.75) is 0 Å². The summed E-state index contributed by atoms with van der Waals surface area (Å²) in [6.07, 6.45) is 0. The van der Waals surface area contributed by atoms with Gasteiger partial charge >= 0.3 is 120 Å². The third-order valence-corrected chi connectivity index (χ3v) is 0. The molecule has 0 radical (unpaired) electrons. The summed E-state index contributed by atoms with van der Waals surface area (Å²) in [5, 5.41) is 75.0. The van der Waals surface area contributed by atoms with Crippen molar-refractivity contribution in [3.63, 3.8) is 0 Å². The van der Waals surface area contributed by atoms with E-state index in [1.165, 1.54) is 0 Å². The molecular weight excluding hydrogens is 544 g/mol. The quantitative estimate of drug-likeness (QED) is 0.288. The van der Waals surface area contributed by atoms with Crippen LogP contribution in [0.15, 0.2) is 0 Å². The normalized spacial score (nSPS) is 1.31. The van der Waals surface area contributed by atoms with E-state index in [-0.39, 0.29) is 37.7 Å². The molecule has 0 bridgehead atoms. The van der Waals surface area contributed by atoms with Crippen molar-refractivity contribution >= 4 is 102 Å². The zero-order chi connectivity index (χ0) is 28.0. The first kappa shape index (κ1) is 122. The van der Waals surface area contributed by atoms with Gasteiger partial charge in [0.25, 0.3) is 0 Å². The van der Waals surface area contributed by atoms with E-state index in [1.807, 2.05) is 0 Å². The molecule has 0 aliphatic heterocycles. The average Bonchev–Trinajstić information content (AvgIpc) is 2.95. The van der Waals surface area contributed by atoms with E-state index in [0.717, 1.165) is 64.3 Å². The van der Waals surface area contributed by atoms with Crippen LogP contribution < -0.4 is 0 Å². The molecule has 0 aromatic carbocycles. The summed E-state index contributed by atoms with van der Waals surface area (Å²) in [5.74, 6) is 0. The second kappa shape index (κ2) is 10400. The standard InChI is InChI=1S/12CN.3Ca.2Fe/c12*1-2;;;;;/q12*-1;;;+2;;. The van der Waals surface area contributed by atoms with E-state index < -0.39 is 0 Å². The molecule has 29 heavy (non-hydrogen) atoms. The first-order chi connectivity index (χ1) is 14.0. The molecule has 0 aliphatic carbocycles. The zero-order valence-electron chi connectivity index (χ0n) is 14.2. The van der Waals surface area contributed by atoms with Gasteiger partial charge in [-0.15, -0.1) is 0 Å². The van der Waals surface area contributed by atoms with Crippen LogP contribution in [0.3, 0.4) is 0 Å². The number of nitrogens with zero attached hydrogens (tertiary/aromatic N) is 12. The summed E-state index contributed by atoms with van der Waals surface area (Å²) in [4.78, 5) is 0. The molecule has 0 spiro atoms. The van der Waals surface area contributed by atoms with Gasteiger partial charge in [-0.2, -0.15) is 0 Å². The maximum absolute atomic E-state index is 6.25. The molecule has 0 rings (SSSR count). The van der Waals surface area contributed by atoms with Crippen LogP contribution in [0.1, 0.15) is 0 Å². The Balaban J connectivity index is -0.00000000558. The van der Waals surface area contributed by atoms with Crippen LogP contribution in [-0.2, 0) is 18.3 Å². The van der Waals surface area contributed by atoms with Crippen LogP contribution in [0.5, 0.6) is 0 Å². The number of hydrogen-bond donors (Lipinski definition) is 0. The van der Waals surface area contributed by atoms with Gasteiger partial charge in [0, 0.05) is 0 Å². The summed E-state index contributed by atoms with van der Waals surface area (Å²) in [5.41, 5.74) is 0. The monoisotopic (exact) mass is 544 g/mol. The summed E-state index contributed by atoms with van der Waals surface area (Å²) in [6, 6.07) is 0. The predicted molar refractivity (Wildman–Crippen MR) is 76.9 cm³/mol. The molecule has 0 aromatic rings. The van der Waals surface area contributed by atoms with Gasteiger partial charge in [-0.3, -0.25) is 0 Å². The third kappa shape index (κ3) is 9610. The van der Waals surface area contributed by atoms with Crippen LogP contribution in [0.25, 0.3) is 0 Å². The van der Waals surface area contributed by atoms with E-state index in [2.05, 4.69) is 18.3 Å². The minimum absolute atomic E-state index is 0. The molecule has 0 aromatic heterocycles. The minimum atomic E-state index is 0. The van der Waals surface area contributed by atoms with Crippen LogP contribution >= 0.6 is 0 Å². The van der Waals surface area contributed by atoms with Gasteiger partial charge < -0.3 is 142 Å². The fourth-order valence-electron chi connectivity index (χ4n) is 0. The summed E-state index contributed by atoms with van der Waals surface area (Å²) < 4.78 is 0. The first-order valence-electron chi connectivity index (χ1n) is 3.18. The molecule has 140 valence electrons. The summed E-state index contributed by atoms with van der Waals surface area (Å²) >= 11 is 2.25. The van der Waals surface area contributed by atoms with Crippen molar-refractivity contribution in [1.29, 1.82) is 63.1 Å². The number of hydrogen-bond acceptors (Lipinski definition) is 12. The molecule has 0 aliphatic rings. The first-order valence-corrected chi connectivity index (χ1v) is 11.2. The second-order valence-electron chi connectivity index (χ2n) is 0. The Morgan fingerprint density at radius 1 is 0.241 bits per heavy atom. The second-order valence-corrected chi connectivity index (χ2v) is 0. The number of rotatable bonds is 0. The predicted octanol–water partition coefficient (Wildman–Crippen LogP) is 0.00904. The van der Waals surface area contributed by atoms with E-state index in [4.69, 9.17) is 142 Å². The Hall–Kier alpha value is -1.30.